The molecule has 164 valence electrons. The summed E-state index contributed by atoms with van der Waals surface area (Å²) in [6, 6.07) is 11.0. The van der Waals surface area contributed by atoms with Crippen LogP contribution in [-0.4, -0.2) is 35.2 Å². The predicted octanol–water partition coefficient (Wildman–Crippen LogP) is 3.92. The number of halogens is 1. The molecular formula is C23H19ClN8O. The first kappa shape index (κ1) is 20.7. The standard InChI is InChI=1S/C23H19ClN8O/c1-31-8-5-15(12-31)27-23(33)21-22(25)29-20(17-6-9-32(2)30-17)19(28-21)14-10-13-4-3-7-26-18(13)16(24)11-14/h3-12H,1-2H3,(H2,25,29)(H,27,33). The maximum absolute atomic E-state index is 13.0. The predicted molar refractivity (Wildman–Crippen MR) is 128 cm³/mol. The number of rotatable bonds is 4. The highest BCUT2D eigenvalue weighted by Gasteiger charge is 2.22. The van der Waals surface area contributed by atoms with E-state index in [0.717, 1.165) is 5.39 Å². The molecule has 10 heteroatoms. The number of aryl methyl sites for hydroxylation is 2. The number of benzene rings is 1. The van der Waals surface area contributed by atoms with Crippen LogP contribution in [-0.2, 0) is 14.1 Å². The normalized spacial score (nSPS) is 11.1. The van der Waals surface area contributed by atoms with Crippen molar-refractivity contribution < 1.29 is 4.79 Å². The van der Waals surface area contributed by atoms with Gasteiger partial charge in [0.15, 0.2) is 11.5 Å². The Bertz CT molecular complexity index is 1520. The zero-order valence-corrected chi connectivity index (χ0v) is 18.6. The van der Waals surface area contributed by atoms with Gasteiger partial charge in [0.25, 0.3) is 5.91 Å². The molecule has 0 saturated carbocycles. The number of nitrogens with one attached hydrogen (secondary N) is 1. The van der Waals surface area contributed by atoms with E-state index >= 15 is 0 Å². The van der Waals surface area contributed by atoms with Gasteiger partial charge in [0.05, 0.1) is 21.9 Å². The maximum atomic E-state index is 13.0. The average Bonchev–Trinajstić information content (AvgIpc) is 3.41. The van der Waals surface area contributed by atoms with Crippen molar-refractivity contribution in [2.24, 2.45) is 14.1 Å². The number of carbonyl (C=O) groups is 1. The molecule has 0 aliphatic heterocycles. The summed E-state index contributed by atoms with van der Waals surface area (Å²) >= 11 is 6.52. The second-order valence-electron chi connectivity index (χ2n) is 7.58. The van der Waals surface area contributed by atoms with Gasteiger partial charge in [0.1, 0.15) is 11.4 Å². The van der Waals surface area contributed by atoms with Crippen LogP contribution >= 0.6 is 11.6 Å². The van der Waals surface area contributed by atoms with Gasteiger partial charge in [-0.2, -0.15) is 5.10 Å². The van der Waals surface area contributed by atoms with Crippen molar-refractivity contribution in [2.45, 2.75) is 0 Å². The molecule has 0 fully saturated rings. The summed E-state index contributed by atoms with van der Waals surface area (Å²) in [6.07, 6.45) is 7.08. The lowest BCUT2D eigenvalue weighted by Crippen LogP contribution is -2.18. The van der Waals surface area contributed by atoms with Crippen LogP contribution in [0.2, 0.25) is 5.02 Å². The summed E-state index contributed by atoms with van der Waals surface area (Å²) in [7, 11) is 3.67. The number of aromatic nitrogens is 6. The lowest BCUT2D eigenvalue weighted by atomic mass is 10.0. The summed E-state index contributed by atoms with van der Waals surface area (Å²) in [5.41, 5.74) is 9.62. The van der Waals surface area contributed by atoms with E-state index in [-0.39, 0.29) is 11.5 Å². The largest absolute Gasteiger partial charge is 0.382 e. The van der Waals surface area contributed by atoms with Crippen LogP contribution in [0.1, 0.15) is 10.5 Å². The van der Waals surface area contributed by atoms with Crippen LogP contribution in [0, 0.1) is 0 Å². The highest BCUT2D eigenvalue weighted by Crippen LogP contribution is 2.34. The number of hydrogen-bond donors (Lipinski definition) is 2. The second-order valence-corrected chi connectivity index (χ2v) is 7.99. The van der Waals surface area contributed by atoms with Crippen molar-refractivity contribution in [2.75, 3.05) is 11.1 Å². The van der Waals surface area contributed by atoms with E-state index < -0.39 is 5.91 Å². The number of amides is 1. The molecule has 0 saturated heterocycles. The molecule has 0 bridgehead atoms. The third-order valence-electron chi connectivity index (χ3n) is 5.12. The Hall–Kier alpha value is -4.24. The minimum absolute atomic E-state index is 0.00128. The molecule has 0 radical (unpaired) electrons. The molecule has 3 N–H and O–H groups in total. The Morgan fingerprint density at radius 3 is 2.67 bits per heavy atom. The topological polar surface area (TPSA) is 117 Å². The van der Waals surface area contributed by atoms with E-state index in [1.54, 1.807) is 48.5 Å². The highest BCUT2D eigenvalue weighted by molar-refractivity contribution is 6.35. The number of nitrogens with two attached hydrogens (primary N) is 1. The number of fused-ring (bicyclic) bond motifs is 1. The summed E-state index contributed by atoms with van der Waals surface area (Å²) in [4.78, 5) is 26.5. The Labute approximate surface area is 193 Å². The van der Waals surface area contributed by atoms with Gasteiger partial charge in [-0.05, 0) is 30.3 Å². The molecule has 0 aliphatic carbocycles. The highest BCUT2D eigenvalue weighted by atomic mass is 35.5. The number of nitrogen functional groups attached to an aromatic ring is 1. The molecule has 4 aromatic heterocycles. The van der Waals surface area contributed by atoms with E-state index in [4.69, 9.17) is 17.3 Å². The molecule has 1 aromatic carbocycles. The molecule has 33 heavy (non-hydrogen) atoms. The van der Waals surface area contributed by atoms with Crippen LogP contribution in [0.4, 0.5) is 11.5 Å². The Balaban J connectivity index is 1.69. The van der Waals surface area contributed by atoms with E-state index in [0.29, 0.717) is 38.9 Å². The number of carbonyl (C=O) groups excluding carboxylic acids is 1. The summed E-state index contributed by atoms with van der Waals surface area (Å²) in [5, 5.41) is 8.55. The van der Waals surface area contributed by atoms with Gasteiger partial charge in [-0.1, -0.05) is 17.7 Å². The fourth-order valence-corrected chi connectivity index (χ4v) is 3.86. The number of pyridine rings is 1. The van der Waals surface area contributed by atoms with Crippen LogP contribution in [0.15, 0.2) is 61.2 Å². The van der Waals surface area contributed by atoms with E-state index in [1.165, 1.54) is 0 Å². The second kappa shape index (κ2) is 8.03. The van der Waals surface area contributed by atoms with Crippen molar-refractivity contribution in [3.63, 3.8) is 0 Å². The van der Waals surface area contributed by atoms with Gasteiger partial charge in [-0.15, -0.1) is 0 Å². The first-order valence-electron chi connectivity index (χ1n) is 10.0. The lowest BCUT2D eigenvalue weighted by Gasteiger charge is -2.13. The molecule has 0 atom stereocenters. The molecule has 5 aromatic rings. The fraction of sp³-hybridized carbons (Fsp3) is 0.0870. The first-order valence-corrected chi connectivity index (χ1v) is 10.4. The molecule has 5 rings (SSSR count). The molecule has 1 amide bonds. The Morgan fingerprint density at radius 1 is 1.09 bits per heavy atom. The minimum atomic E-state index is -0.464. The zero-order chi connectivity index (χ0) is 23.1. The van der Waals surface area contributed by atoms with Crippen molar-refractivity contribution in [1.82, 2.24) is 29.3 Å². The Morgan fingerprint density at radius 2 is 1.94 bits per heavy atom. The molecule has 0 spiro atoms. The minimum Gasteiger partial charge on any atom is -0.382 e. The average molecular weight is 459 g/mol. The lowest BCUT2D eigenvalue weighted by molar-refractivity contribution is 0.102. The fourth-order valence-electron chi connectivity index (χ4n) is 3.59. The molecule has 0 unspecified atom stereocenters. The summed E-state index contributed by atoms with van der Waals surface area (Å²) in [6.45, 7) is 0. The SMILES string of the molecule is Cn1ccc(NC(=O)c2nc(-c3cc(Cl)c4ncccc4c3)c(-c3ccn(C)n3)nc2N)c1. The monoisotopic (exact) mass is 458 g/mol. The third kappa shape index (κ3) is 3.90. The van der Waals surface area contributed by atoms with Crippen molar-refractivity contribution in [3.8, 4) is 22.6 Å². The van der Waals surface area contributed by atoms with Gasteiger partial charge in [-0.25, -0.2) is 9.97 Å². The van der Waals surface area contributed by atoms with Crippen molar-refractivity contribution in [1.29, 1.82) is 0 Å². The van der Waals surface area contributed by atoms with Gasteiger partial charge in [-0.3, -0.25) is 14.5 Å². The molecule has 0 aliphatic rings. The maximum Gasteiger partial charge on any atom is 0.278 e. The summed E-state index contributed by atoms with van der Waals surface area (Å²) < 4.78 is 3.48. The quantitative estimate of drug-likeness (QED) is 0.421. The zero-order valence-electron chi connectivity index (χ0n) is 17.8. The van der Waals surface area contributed by atoms with Crippen LogP contribution in [0.25, 0.3) is 33.5 Å². The van der Waals surface area contributed by atoms with Gasteiger partial charge >= 0.3 is 0 Å². The number of hydrogen-bond acceptors (Lipinski definition) is 6. The number of nitrogens with zero attached hydrogens (tertiary/aromatic N) is 6. The van der Waals surface area contributed by atoms with E-state index in [2.05, 4.69) is 25.4 Å². The van der Waals surface area contributed by atoms with Gasteiger partial charge < -0.3 is 15.6 Å². The van der Waals surface area contributed by atoms with Gasteiger partial charge in [0, 0.05) is 49.8 Å². The van der Waals surface area contributed by atoms with E-state index in [1.807, 2.05) is 36.0 Å². The Kier molecular flexibility index (Phi) is 5.02. The smallest absolute Gasteiger partial charge is 0.278 e. The molecular weight excluding hydrogens is 440 g/mol. The van der Waals surface area contributed by atoms with Crippen LogP contribution in [0.3, 0.4) is 0 Å². The molecule has 9 nitrogen and oxygen atoms in total. The van der Waals surface area contributed by atoms with Crippen LogP contribution < -0.4 is 11.1 Å². The van der Waals surface area contributed by atoms with Crippen molar-refractivity contribution in [3.05, 3.63) is 71.9 Å². The number of anilines is 2. The molecule has 4 heterocycles. The van der Waals surface area contributed by atoms with Gasteiger partial charge in [0.2, 0.25) is 0 Å². The van der Waals surface area contributed by atoms with Crippen LogP contribution in [0.5, 0.6) is 0 Å². The summed E-state index contributed by atoms with van der Waals surface area (Å²) in [5.74, 6) is -0.463. The first-order chi connectivity index (χ1) is 15.9. The van der Waals surface area contributed by atoms with Crippen molar-refractivity contribution >= 4 is 39.9 Å². The third-order valence-corrected chi connectivity index (χ3v) is 5.40. The van der Waals surface area contributed by atoms with E-state index in [9.17, 15) is 4.79 Å².